The van der Waals surface area contributed by atoms with E-state index in [1.165, 1.54) is 0 Å². The molecule has 4 nitrogen and oxygen atoms in total. The van der Waals surface area contributed by atoms with E-state index in [1.807, 2.05) is 30.3 Å². The summed E-state index contributed by atoms with van der Waals surface area (Å²) in [5, 5.41) is 6.59. The maximum absolute atomic E-state index is 6.55. The van der Waals surface area contributed by atoms with E-state index in [4.69, 9.17) is 13.3 Å². The van der Waals surface area contributed by atoms with Gasteiger partial charge < -0.3 is 18.2 Å². The summed E-state index contributed by atoms with van der Waals surface area (Å²) in [7, 11) is 0. The minimum atomic E-state index is 0.853. The van der Waals surface area contributed by atoms with Gasteiger partial charge in [-0.15, -0.1) is 0 Å². The number of para-hydroxylation sites is 3. The van der Waals surface area contributed by atoms with E-state index >= 15 is 0 Å². The maximum atomic E-state index is 6.55. The van der Waals surface area contributed by atoms with E-state index in [0.29, 0.717) is 0 Å². The molecule has 0 fully saturated rings. The van der Waals surface area contributed by atoms with E-state index in [0.717, 1.165) is 105 Å². The Morgan fingerprint density at radius 2 is 0.808 bits per heavy atom. The lowest BCUT2D eigenvalue weighted by molar-refractivity contribution is 0.668. The topological polar surface area (TPSA) is 42.7 Å². The molecule has 0 N–H and O–H groups in total. The van der Waals surface area contributed by atoms with E-state index in [2.05, 4.69) is 150 Å². The van der Waals surface area contributed by atoms with Crippen LogP contribution in [-0.2, 0) is 0 Å². The summed E-state index contributed by atoms with van der Waals surface area (Å²) in [5.41, 5.74) is 12.9. The van der Waals surface area contributed by atoms with Gasteiger partial charge in [0.15, 0.2) is 0 Å². The fraction of sp³-hybridized carbons (Fsp3) is 0. The summed E-state index contributed by atoms with van der Waals surface area (Å²) in [6.45, 7) is 0. The van der Waals surface area contributed by atoms with Crippen molar-refractivity contribution < 1.29 is 13.3 Å². The smallest absolute Gasteiger partial charge is 0.136 e. The Bertz CT molecular complexity index is 3090. The van der Waals surface area contributed by atoms with Gasteiger partial charge in [0, 0.05) is 49.4 Å². The largest absolute Gasteiger partial charge is 0.456 e. The number of anilines is 3. The van der Waals surface area contributed by atoms with Crippen LogP contribution in [0.4, 0.5) is 17.1 Å². The Labute approximate surface area is 298 Å². The molecule has 0 spiro atoms. The third-order valence-electron chi connectivity index (χ3n) is 10.3. The van der Waals surface area contributed by atoms with Crippen molar-refractivity contribution in [1.82, 2.24) is 0 Å². The van der Waals surface area contributed by atoms with Gasteiger partial charge in [-0.2, -0.15) is 0 Å². The predicted octanol–water partition coefficient (Wildman–Crippen LogP) is 14.2. The highest BCUT2D eigenvalue weighted by molar-refractivity contribution is 6.14. The normalized spacial score (nSPS) is 11.8. The molecule has 0 radical (unpaired) electrons. The van der Waals surface area contributed by atoms with Gasteiger partial charge in [0.25, 0.3) is 0 Å². The van der Waals surface area contributed by atoms with Gasteiger partial charge in [0.1, 0.15) is 33.5 Å². The average molecular weight is 668 g/mol. The van der Waals surface area contributed by atoms with Crippen LogP contribution in [0.1, 0.15) is 0 Å². The van der Waals surface area contributed by atoms with Gasteiger partial charge in [0.2, 0.25) is 0 Å². The monoisotopic (exact) mass is 667 g/mol. The number of rotatable bonds is 5. The second kappa shape index (κ2) is 11.2. The molecule has 11 aromatic rings. The zero-order chi connectivity index (χ0) is 34.2. The van der Waals surface area contributed by atoms with Crippen molar-refractivity contribution in [3.63, 3.8) is 0 Å². The molecule has 3 aromatic heterocycles. The summed E-state index contributed by atoms with van der Waals surface area (Å²) >= 11 is 0. The Morgan fingerprint density at radius 1 is 0.288 bits per heavy atom. The summed E-state index contributed by atoms with van der Waals surface area (Å²) in [4.78, 5) is 2.28. The van der Waals surface area contributed by atoms with Crippen molar-refractivity contribution in [3.05, 3.63) is 176 Å². The van der Waals surface area contributed by atoms with E-state index < -0.39 is 0 Å². The van der Waals surface area contributed by atoms with Crippen LogP contribution in [0.5, 0.6) is 0 Å². The number of furan rings is 3. The highest BCUT2D eigenvalue weighted by atomic mass is 16.3. The summed E-state index contributed by atoms with van der Waals surface area (Å²) in [6.07, 6.45) is 0. The molecule has 0 aliphatic rings. The van der Waals surface area contributed by atoms with Crippen LogP contribution in [0.2, 0.25) is 0 Å². The highest BCUT2D eigenvalue weighted by Crippen LogP contribution is 2.42. The van der Waals surface area contributed by atoms with Gasteiger partial charge in [0.05, 0.1) is 0 Å². The molecule has 0 aliphatic carbocycles. The third kappa shape index (κ3) is 4.48. The Hall–Kier alpha value is -7.04. The third-order valence-corrected chi connectivity index (χ3v) is 10.3. The fourth-order valence-electron chi connectivity index (χ4n) is 7.82. The van der Waals surface area contributed by atoms with Crippen LogP contribution >= 0.6 is 0 Å². The molecule has 0 saturated carbocycles. The average Bonchev–Trinajstić information content (AvgIpc) is 3.89. The number of fused-ring (bicyclic) bond motifs is 9. The highest BCUT2D eigenvalue weighted by Gasteiger charge is 2.17. The molecule has 3 heterocycles. The fourth-order valence-corrected chi connectivity index (χ4v) is 7.82. The lowest BCUT2D eigenvalue weighted by atomic mass is 9.98. The molecular formula is C48H29NO3. The second-order valence-corrected chi connectivity index (χ2v) is 13.3. The quantitative estimate of drug-likeness (QED) is 0.183. The van der Waals surface area contributed by atoms with Crippen LogP contribution in [0.3, 0.4) is 0 Å². The van der Waals surface area contributed by atoms with Crippen LogP contribution in [0.15, 0.2) is 189 Å². The van der Waals surface area contributed by atoms with Crippen molar-refractivity contribution >= 4 is 82.9 Å². The SMILES string of the molecule is c1ccc(N(c2ccccc2)c2ccc3oc4cc(-c5ccc6c(c5)oc5cc(-c7cccc8oc9ccccc9c78)ccc56)ccc4c3c2)cc1. The van der Waals surface area contributed by atoms with Crippen molar-refractivity contribution in [3.8, 4) is 22.3 Å². The molecule has 0 aliphatic heterocycles. The van der Waals surface area contributed by atoms with E-state index in [9.17, 15) is 0 Å². The maximum Gasteiger partial charge on any atom is 0.136 e. The van der Waals surface area contributed by atoms with Crippen molar-refractivity contribution in [2.45, 2.75) is 0 Å². The summed E-state index contributed by atoms with van der Waals surface area (Å²) < 4.78 is 19.2. The van der Waals surface area contributed by atoms with Crippen LogP contribution in [-0.4, -0.2) is 0 Å². The molecule has 0 saturated heterocycles. The number of hydrogen-bond acceptors (Lipinski definition) is 4. The van der Waals surface area contributed by atoms with Gasteiger partial charge >= 0.3 is 0 Å². The number of benzene rings is 8. The molecule has 244 valence electrons. The first kappa shape index (κ1) is 28.8. The lowest BCUT2D eigenvalue weighted by Crippen LogP contribution is -2.09. The van der Waals surface area contributed by atoms with Gasteiger partial charge in [-0.1, -0.05) is 84.9 Å². The Balaban J connectivity index is 0.974. The van der Waals surface area contributed by atoms with Gasteiger partial charge in [-0.3, -0.25) is 0 Å². The van der Waals surface area contributed by atoms with E-state index in [1.54, 1.807) is 0 Å². The van der Waals surface area contributed by atoms with Crippen molar-refractivity contribution in [2.75, 3.05) is 4.90 Å². The van der Waals surface area contributed by atoms with Crippen LogP contribution in [0, 0.1) is 0 Å². The molecule has 0 bridgehead atoms. The van der Waals surface area contributed by atoms with Crippen molar-refractivity contribution in [2.24, 2.45) is 0 Å². The van der Waals surface area contributed by atoms with Crippen molar-refractivity contribution in [1.29, 1.82) is 0 Å². The van der Waals surface area contributed by atoms with E-state index in [-0.39, 0.29) is 0 Å². The summed E-state index contributed by atoms with van der Waals surface area (Å²) in [5.74, 6) is 0. The molecule has 0 amide bonds. The van der Waals surface area contributed by atoms with Crippen LogP contribution < -0.4 is 4.90 Å². The first-order valence-electron chi connectivity index (χ1n) is 17.5. The predicted molar refractivity (Wildman–Crippen MR) is 214 cm³/mol. The zero-order valence-electron chi connectivity index (χ0n) is 27.9. The summed E-state index contributed by atoms with van der Waals surface area (Å²) in [6, 6.07) is 61.3. The number of hydrogen-bond donors (Lipinski definition) is 0. The molecular weight excluding hydrogens is 639 g/mol. The minimum absolute atomic E-state index is 0.853. The molecule has 0 unspecified atom stereocenters. The van der Waals surface area contributed by atoms with Gasteiger partial charge in [-0.05, 0) is 113 Å². The Morgan fingerprint density at radius 3 is 1.50 bits per heavy atom. The van der Waals surface area contributed by atoms with Crippen LogP contribution in [0.25, 0.3) is 88.1 Å². The second-order valence-electron chi connectivity index (χ2n) is 13.3. The molecule has 8 aromatic carbocycles. The van der Waals surface area contributed by atoms with Gasteiger partial charge in [-0.25, -0.2) is 0 Å². The lowest BCUT2D eigenvalue weighted by Gasteiger charge is -2.25. The Kier molecular flexibility index (Phi) is 6.22. The molecule has 0 atom stereocenters. The standard InChI is InChI=1S/C48H29NO3/c1-3-10-33(11-4-1)49(34-12-5-2-6-13-34)35-21-25-43-41(29-35)39-23-19-31(27-46(39)51-43)30-18-22-37-38-24-20-32(28-47(38)52-45(37)26-30)36-15-9-17-44-48(36)40-14-7-8-16-42(40)50-44/h1-29H. The molecule has 11 rings (SSSR count). The first-order chi connectivity index (χ1) is 25.7. The number of nitrogens with zero attached hydrogens (tertiary/aromatic N) is 1. The minimum Gasteiger partial charge on any atom is -0.456 e. The molecule has 52 heavy (non-hydrogen) atoms. The zero-order valence-corrected chi connectivity index (χ0v) is 27.9. The first-order valence-corrected chi connectivity index (χ1v) is 17.5. The molecule has 4 heteroatoms.